The van der Waals surface area contributed by atoms with Crippen molar-refractivity contribution in [1.82, 2.24) is 19.6 Å². The van der Waals surface area contributed by atoms with Gasteiger partial charge in [0.2, 0.25) is 5.82 Å². The molecule has 0 saturated carbocycles. The second kappa shape index (κ2) is 5.72. The summed E-state index contributed by atoms with van der Waals surface area (Å²) in [6, 6.07) is 10.8. The van der Waals surface area contributed by atoms with Crippen LogP contribution in [0.1, 0.15) is 10.5 Å². The van der Waals surface area contributed by atoms with E-state index in [1.807, 2.05) is 30.3 Å². The maximum absolute atomic E-state index is 12.2. The van der Waals surface area contributed by atoms with Crippen molar-refractivity contribution >= 4 is 17.4 Å². The zero-order valence-corrected chi connectivity index (χ0v) is 12.1. The van der Waals surface area contributed by atoms with Gasteiger partial charge in [-0.1, -0.05) is 18.2 Å². The Labute approximate surface area is 130 Å². The van der Waals surface area contributed by atoms with Crippen molar-refractivity contribution in [3.63, 3.8) is 0 Å². The van der Waals surface area contributed by atoms with Gasteiger partial charge < -0.3 is 0 Å². The number of benzene rings is 1. The molecule has 3 aromatic rings. The molecule has 0 unspecified atom stereocenters. The molecule has 0 spiro atoms. The van der Waals surface area contributed by atoms with Crippen LogP contribution in [0, 0.1) is 10.1 Å². The summed E-state index contributed by atoms with van der Waals surface area (Å²) in [7, 11) is 1.51. The van der Waals surface area contributed by atoms with E-state index in [1.165, 1.54) is 17.8 Å². The van der Waals surface area contributed by atoms with Gasteiger partial charge >= 0.3 is 5.69 Å². The van der Waals surface area contributed by atoms with Crippen molar-refractivity contribution in [2.45, 2.75) is 0 Å². The number of hydrogen-bond acceptors (Lipinski definition) is 5. The van der Waals surface area contributed by atoms with Crippen molar-refractivity contribution in [3.05, 3.63) is 64.6 Å². The molecule has 23 heavy (non-hydrogen) atoms. The van der Waals surface area contributed by atoms with Crippen molar-refractivity contribution in [2.24, 2.45) is 7.05 Å². The first-order valence-electron chi connectivity index (χ1n) is 6.65. The van der Waals surface area contributed by atoms with Gasteiger partial charge in [-0.3, -0.25) is 20.2 Å². The third kappa shape index (κ3) is 2.79. The summed E-state index contributed by atoms with van der Waals surface area (Å²) in [6.07, 6.45) is 2.72. The van der Waals surface area contributed by atoms with Crippen LogP contribution in [-0.2, 0) is 7.05 Å². The average Bonchev–Trinajstić information content (AvgIpc) is 3.16. The van der Waals surface area contributed by atoms with Gasteiger partial charge in [-0.25, -0.2) is 9.36 Å². The first kappa shape index (κ1) is 14.4. The summed E-state index contributed by atoms with van der Waals surface area (Å²) in [5, 5.41) is 21.3. The highest BCUT2D eigenvalue weighted by molar-refractivity contribution is 6.03. The average molecular weight is 312 g/mol. The minimum atomic E-state index is -0.606. The zero-order valence-electron chi connectivity index (χ0n) is 12.1. The number of aromatic nitrogens is 4. The number of nitrogens with zero attached hydrogens (tertiary/aromatic N) is 5. The molecule has 0 aliphatic rings. The summed E-state index contributed by atoms with van der Waals surface area (Å²) < 4.78 is 2.77. The van der Waals surface area contributed by atoms with Crippen molar-refractivity contribution < 1.29 is 9.72 Å². The molecular formula is C14H12N6O3. The highest BCUT2D eigenvalue weighted by Crippen LogP contribution is 2.23. The molecule has 2 heterocycles. The molecule has 3 rings (SSSR count). The third-order valence-corrected chi connectivity index (χ3v) is 3.19. The first-order valence-corrected chi connectivity index (χ1v) is 6.65. The van der Waals surface area contributed by atoms with Crippen LogP contribution in [0.4, 0.5) is 11.5 Å². The normalized spacial score (nSPS) is 10.5. The van der Waals surface area contributed by atoms with Gasteiger partial charge in [0.05, 0.1) is 10.6 Å². The second-order valence-corrected chi connectivity index (χ2v) is 4.69. The number of rotatable bonds is 4. The molecule has 0 bridgehead atoms. The number of nitrogens with one attached hydrogen (secondary N) is 1. The Balaban J connectivity index is 1.84. The zero-order chi connectivity index (χ0) is 16.4. The van der Waals surface area contributed by atoms with Gasteiger partial charge in [0.15, 0.2) is 5.69 Å². The Morgan fingerprint density at radius 3 is 2.70 bits per heavy atom. The van der Waals surface area contributed by atoms with E-state index in [4.69, 9.17) is 0 Å². The summed E-state index contributed by atoms with van der Waals surface area (Å²) in [5.74, 6) is -0.541. The molecule has 1 aromatic carbocycles. The molecule has 0 aliphatic heterocycles. The number of hydrogen-bond donors (Lipinski definition) is 1. The fourth-order valence-corrected chi connectivity index (χ4v) is 2.05. The minimum Gasteiger partial charge on any atom is -0.300 e. The van der Waals surface area contributed by atoms with E-state index in [0.717, 1.165) is 11.9 Å². The smallest absolute Gasteiger partial charge is 0.300 e. The lowest BCUT2D eigenvalue weighted by Gasteiger charge is -2.03. The molecule has 116 valence electrons. The van der Waals surface area contributed by atoms with Crippen molar-refractivity contribution in [3.8, 4) is 5.69 Å². The summed E-state index contributed by atoms with van der Waals surface area (Å²) in [4.78, 5) is 22.6. The van der Waals surface area contributed by atoms with E-state index < -0.39 is 10.8 Å². The molecule has 2 aromatic heterocycles. The number of anilines is 1. The Morgan fingerprint density at radius 1 is 1.26 bits per heavy atom. The Bertz CT molecular complexity index is 868. The standard InChI is InChI=1S/C14H12N6O3/c1-18-13(12(9-15-18)20(22)23)16-14(21)11-7-8-19(17-11)10-5-3-2-4-6-10/h2-9H,1H3,(H,16,21). The summed E-state index contributed by atoms with van der Waals surface area (Å²) in [6.45, 7) is 0. The van der Waals surface area contributed by atoms with E-state index in [2.05, 4.69) is 15.5 Å². The number of carbonyl (C=O) groups excluding carboxylic acids is 1. The summed E-state index contributed by atoms with van der Waals surface area (Å²) >= 11 is 0. The predicted molar refractivity (Wildman–Crippen MR) is 81.4 cm³/mol. The minimum absolute atomic E-state index is 0.00858. The molecule has 0 atom stereocenters. The SMILES string of the molecule is Cn1ncc([N+](=O)[O-])c1NC(=O)c1ccn(-c2ccccc2)n1. The van der Waals surface area contributed by atoms with Crippen LogP contribution < -0.4 is 5.32 Å². The predicted octanol–water partition coefficient (Wildman–Crippen LogP) is 1.77. The molecule has 9 heteroatoms. The lowest BCUT2D eigenvalue weighted by molar-refractivity contribution is -0.384. The maximum atomic E-state index is 12.2. The van der Waals surface area contributed by atoms with Crippen molar-refractivity contribution in [2.75, 3.05) is 5.32 Å². The molecule has 0 aliphatic carbocycles. The van der Waals surface area contributed by atoms with E-state index in [-0.39, 0.29) is 17.2 Å². The molecule has 1 amide bonds. The number of aryl methyl sites for hydroxylation is 1. The Morgan fingerprint density at radius 2 is 2.00 bits per heavy atom. The van der Waals surface area contributed by atoms with Crippen LogP contribution in [-0.4, -0.2) is 30.4 Å². The van der Waals surface area contributed by atoms with Gasteiger partial charge in [0, 0.05) is 13.2 Å². The number of para-hydroxylation sites is 1. The number of nitro groups is 1. The lowest BCUT2D eigenvalue weighted by Crippen LogP contribution is -2.16. The monoisotopic (exact) mass is 312 g/mol. The first-order chi connectivity index (χ1) is 11.1. The van der Waals surface area contributed by atoms with Crippen LogP contribution in [0.2, 0.25) is 0 Å². The van der Waals surface area contributed by atoms with Gasteiger partial charge in [-0.05, 0) is 18.2 Å². The van der Waals surface area contributed by atoms with Crippen molar-refractivity contribution in [1.29, 1.82) is 0 Å². The van der Waals surface area contributed by atoms with Crippen LogP contribution in [0.3, 0.4) is 0 Å². The molecule has 1 N–H and O–H groups in total. The molecule has 0 fully saturated rings. The van der Waals surface area contributed by atoms with Gasteiger partial charge in [0.1, 0.15) is 6.20 Å². The van der Waals surface area contributed by atoms with E-state index >= 15 is 0 Å². The maximum Gasteiger partial charge on any atom is 0.331 e. The van der Waals surface area contributed by atoms with E-state index in [0.29, 0.717) is 0 Å². The highest BCUT2D eigenvalue weighted by Gasteiger charge is 2.22. The largest absolute Gasteiger partial charge is 0.331 e. The topological polar surface area (TPSA) is 108 Å². The summed E-state index contributed by atoms with van der Waals surface area (Å²) in [5.41, 5.74) is 0.672. The van der Waals surface area contributed by atoms with Crippen LogP contribution in [0.15, 0.2) is 48.8 Å². The fourth-order valence-electron chi connectivity index (χ4n) is 2.05. The lowest BCUT2D eigenvalue weighted by atomic mass is 10.3. The van der Waals surface area contributed by atoms with E-state index in [9.17, 15) is 14.9 Å². The van der Waals surface area contributed by atoms with Gasteiger partial charge in [0.25, 0.3) is 5.91 Å². The molecular weight excluding hydrogens is 300 g/mol. The van der Waals surface area contributed by atoms with Crippen LogP contribution in [0.25, 0.3) is 5.69 Å². The number of amides is 1. The molecule has 0 radical (unpaired) electrons. The van der Waals surface area contributed by atoms with Crippen LogP contribution >= 0.6 is 0 Å². The number of carbonyl (C=O) groups is 1. The van der Waals surface area contributed by atoms with Gasteiger partial charge in [-0.2, -0.15) is 10.2 Å². The fraction of sp³-hybridized carbons (Fsp3) is 0.0714. The third-order valence-electron chi connectivity index (χ3n) is 3.19. The molecule has 9 nitrogen and oxygen atoms in total. The molecule has 0 saturated heterocycles. The van der Waals surface area contributed by atoms with Crippen LogP contribution in [0.5, 0.6) is 0 Å². The van der Waals surface area contributed by atoms with Gasteiger partial charge in [-0.15, -0.1) is 0 Å². The Kier molecular flexibility index (Phi) is 3.59. The van der Waals surface area contributed by atoms with E-state index in [1.54, 1.807) is 10.9 Å². The second-order valence-electron chi connectivity index (χ2n) is 4.69. The Hall–Kier alpha value is -3.49. The highest BCUT2D eigenvalue weighted by atomic mass is 16.6. The quantitative estimate of drug-likeness (QED) is 0.583.